The van der Waals surface area contributed by atoms with Gasteiger partial charge in [0.2, 0.25) is 5.09 Å². The molecule has 0 aliphatic heterocycles. The molecule has 28 heavy (non-hydrogen) atoms. The summed E-state index contributed by atoms with van der Waals surface area (Å²) < 4.78 is 35.3. The number of hydrogen-bond acceptors (Lipinski definition) is 7. The van der Waals surface area contributed by atoms with Crippen molar-refractivity contribution in [3.8, 4) is 17.0 Å². The number of rotatable bonds is 6. The molecule has 0 spiro atoms. The lowest BCUT2D eigenvalue weighted by atomic mass is 10.1. The van der Waals surface area contributed by atoms with Crippen LogP contribution in [0.4, 0.5) is 5.13 Å². The van der Waals surface area contributed by atoms with Crippen LogP contribution in [0, 0.1) is 6.92 Å². The summed E-state index contributed by atoms with van der Waals surface area (Å²) in [5.41, 5.74) is 1.75. The molecule has 0 fully saturated rings. The van der Waals surface area contributed by atoms with Gasteiger partial charge in [-0.15, -0.1) is 11.3 Å². The van der Waals surface area contributed by atoms with Gasteiger partial charge >= 0.3 is 0 Å². The molecule has 3 rings (SSSR count). The molecular weight excluding hydrogens is 402 g/mol. The molecule has 148 valence electrons. The molecule has 0 aliphatic rings. The largest absolute Gasteiger partial charge is 0.497 e. The first-order valence-electron chi connectivity index (χ1n) is 8.16. The van der Waals surface area contributed by atoms with E-state index in [2.05, 4.69) is 10.3 Å². The van der Waals surface area contributed by atoms with E-state index in [-0.39, 0.29) is 10.7 Å². The number of carbonyl (C=O) groups is 1. The van der Waals surface area contributed by atoms with Gasteiger partial charge in [-0.05, 0) is 31.2 Å². The Labute approximate surface area is 166 Å². The van der Waals surface area contributed by atoms with Crippen molar-refractivity contribution in [3.05, 3.63) is 47.0 Å². The second-order valence-electron chi connectivity index (χ2n) is 6.05. The second-order valence-corrected chi connectivity index (χ2v) is 9.33. The second kappa shape index (κ2) is 7.74. The molecule has 0 radical (unpaired) electrons. The Kier molecular flexibility index (Phi) is 5.54. The summed E-state index contributed by atoms with van der Waals surface area (Å²) in [4.78, 5) is 17.8. The Hall–Kier alpha value is -2.69. The summed E-state index contributed by atoms with van der Waals surface area (Å²) in [5, 5.41) is 2.80. The molecule has 2 aromatic heterocycles. The number of hydrogen-bond donors (Lipinski definition) is 1. The molecule has 8 nitrogen and oxygen atoms in total. The summed E-state index contributed by atoms with van der Waals surface area (Å²) in [6, 6.07) is 8.65. The number of anilines is 1. The highest BCUT2D eigenvalue weighted by Gasteiger charge is 2.24. The van der Waals surface area contributed by atoms with Crippen molar-refractivity contribution in [2.24, 2.45) is 0 Å². The molecule has 0 bridgehead atoms. The van der Waals surface area contributed by atoms with E-state index in [9.17, 15) is 13.2 Å². The van der Waals surface area contributed by atoms with Crippen LogP contribution in [0.3, 0.4) is 0 Å². The molecule has 1 aromatic carbocycles. The molecule has 0 atom stereocenters. The molecule has 3 aromatic rings. The normalized spacial score (nSPS) is 11.6. The third kappa shape index (κ3) is 3.93. The number of ether oxygens (including phenoxy) is 1. The van der Waals surface area contributed by atoms with Crippen molar-refractivity contribution >= 4 is 32.4 Å². The monoisotopic (exact) mass is 421 g/mol. The molecule has 0 saturated heterocycles. The number of amides is 1. The van der Waals surface area contributed by atoms with Crippen LogP contribution in [-0.2, 0) is 10.0 Å². The standard InChI is InChI=1S/C18H19N3O5S2/c1-11-16(12-5-7-14(25-4)8-6-12)19-18(27-11)20-17(22)13-9-15(26-10-13)28(23,24)21(2)3/h5-10H,1-4H3,(H,19,20,22). The predicted octanol–water partition coefficient (Wildman–Crippen LogP) is 3.22. The maximum Gasteiger partial charge on any atom is 0.275 e. The minimum atomic E-state index is -3.74. The van der Waals surface area contributed by atoms with E-state index < -0.39 is 15.9 Å². The highest BCUT2D eigenvalue weighted by Crippen LogP contribution is 2.31. The van der Waals surface area contributed by atoms with Crippen LogP contribution in [0.15, 0.2) is 46.1 Å². The molecule has 0 aliphatic carbocycles. The van der Waals surface area contributed by atoms with Crippen LogP contribution in [0.1, 0.15) is 15.2 Å². The Balaban J connectivity index is 1.79. The molecule has 10 heteroatoms. The highest BCUT2D eigenvalue weighted by atomic mass is 32.2. The zero-order valence-corrected chi connectivity index (χ0v) is 17.3. The molecule has 2 heterocycles. The lowest BCUT2D eigenvalue weighted by Crippen LogP contribution is -2.21. The van der Waals surface area contributed by atoms with E-state index in [1.165, 1.54) is 31.5 Å². The Morgan fingerprint density at radius 2 is 1.93 bits per heavy atom. The van der Waals surface area contributed by atoms with Gasteiger partial charge in [0.15, 0.2) is 5.13 Å². The lowest BCUT2D eigenvalue weighted by molar-refractivity contribution is 0.102. The van der Waals surface area contributed by atoms with Crippen molar-refractivity contribution in [2.45, 2.75) is 12.0 Å². The van der Waals surface area contributed by atoms with Crippen molar-refractivity contribution in [1.82, 2.24) is 9.29 Å². The van der Waals surface area contributed by atoms with Crippen LogP contribution in [0.2, 0.25) is 0 Å². The minimum Gasteiger partial charge on any atom is -0.497 e. The van der Waals surface area contributed by atoms with E-state index in [0.717, 1.165) is 32.5 Å². The summed E-state index contributed by atoms with van der Waals surface area (Å²) in [6.45, 7) is 1.91. The van der Waals surface area contributed by atoms with Crippen molar-refractivity contribution in [2.75, 3.05) is 26.5 Å². The number of benzene rings is 1. The number of nitrogens with one attached hydrogen (secondary N) is 1. The van der Waals surface area contributed by atoms with Gasteiger partial charge in [-0.3, -0.25) is 10.1 Å². The first-order valence-corrected chi connectivity index (χ1v) is 10.4. The number of methoxy groups -OCH3 is 1. The van der Waals surface area contributed by atoms with Gasteiger partial charge in [-0.25, -0.2) is 17.7 Å². The third-order valence-electron chi connectivity index (χ3n) is 3.95. The predicted molar refractivity (Wildman–Crippen MR) is 106 cm³/mol. The number of aryl methyl sites for hydroxylation is 1. The van der Waals surface area contributed by atoms with E-state index in [1.54, 1.807) is 7.11 Å². The van der Waals surface area contributed by atoms with E-state index >= 15 is 0 Å². The number of aromatic nitrogens is 1. The summed E-state index contributed by atoms with van der Waals surface area (Å²) in [6.07, 6.45) is 1.11. The first kappa shape index (κ1) is 20.1. The first-order chi connectivity index (χ1) is 13.2. The SMILES string of the molecule is COc1ccc(-c2nc(NC(=O)c3coc(S(=O)(=O)N(C)C)c3)sc2C)cc1. The zero-order valence-electron chi connectivity index (χ0n) is 15.7. The molecule has 1 N–H and O–H groups in total. The Morgan fingerprint density at radius 1 is 1.25 bits per heavy atom. The number of carbonyl (C=O) groups excluding carboxylic acids is 1. The molecule has 0 unspecified atom stereocenters. The van der Waals surface area contributed by atoms with Crippen LogP contribution >= 0.6 is 11.3 Å². The number of nitrogens with zero attached hydrogens (tertiary/aromatic N) is 2. The smallest absolute Gasteiger partial charge is 0.275 e. The topological polar surface area (TPSA) is 102 Å². The molecular formula is C18H19N3O5S2. The minimum absolute atomic E-state index is 0.0966. The Bertz CT molecular complexity index is 1100. The fraction of sp³-hybridized carbons (Fsp3) is 0.222. The van der Waals surface area contributed by atoms with Crippen molar-refractivity contribution in [1.29, 1.82) is 0 Å². The average Bonchev–Trinajstić information content (AvgIpc) is 3.29. The van der Waals surface area contributed by atoms with Gasteiger partial charge in [-0.1, -0.05) is 0 Å². The van der Waals surface area contributed by atoms with E-state index in [0.29, 0.717) is 5.13 Å². The maximum atomic E-state index is 12.4. The van der Waals surface area contributed by atoms with E-state index in [1.807, 2.05) is 31.2 Å². The van der Waals surface area contributed by atoms with Crippen LogP contribution in [0.5, 0.6) is 5.75 Å². The molecule has 1 amide bonds. The van der Waals surface area contributed by atoms with Gasteiger partial charge in [0, 0.05) is 30.6 Å². The third-order valence-corrected chi connectivity index (χ3v) is 6.52. The number of furan rings is 1. The summed E-state index contributed by atoms with van der Waals surface area (Å²) in [5.74, 6) is 0.243. The zero-order chi connectivity index (χ0) is 20.5. The maximum absolute atomic E-state index is 12.4. The number of thiazole rings is 1. The van der Waals surface area contributed by atoms with Gasteiger partial charge in [0.05, 0.1) is 18.4 Å². The number of sulfonamides is 1. The molecule has 0 saturated carbocycles. The average molecular weight is 422 g/mol. The van der Waals surface area contributed by atoms with Crippen LogP contribution < -0.4 is 10.1 Å². The van der Waals surface area contributed by atoms with Crippen molar-refractivity contribution < 1.29 is 22.4 Å². The lowest BCUT2D eigenvalue weighted by Gasteiger charge is -2.07. The summed E-state index contributed by atoms with van der Waals surface area (Å²) >= 11 is 1.33. The van der Waals surface area contributed by atoms with Gasteiger partial charge in [0.25, 0.3) is 15.9 Å². The fourth-order valence-corrected chi connectivity index (χ4v) is 4.02. The van der Waals surface area contributed by atoms with Crippen LogP contribution in [-0.4, -0.2) is 44.8 Å². The highest BCUT2D eigenvalue weighted by molar-refractivity contribution is 7.88. The van der Waals surface area contributed by atoms with Crippen molar-refractivity contribution in [3.63, 3.8) is 0 Å². The summed E-state index contributed by atoms with van der Waals surface area (Å²) in [7, 11) is 0.627. The van der Waals surface area contributed by atoms with Gasteiger partial charge in [-0.2, -0.15) is 0 Å². The van der Waals surface area contributed by atoms with Crippen LogP contribution in [0.25, 0.3) is 11.3 Å². The van der Waals surface area contributed by atoms with Gasteiger partial charge < -0.3 is 9.15 Å². The fourth-order valence-electron chi connectivity index (χ4n) is 2.39. The van der Waals surface area contributed by atoms with E-state index in [4.69, 9.17) is 9.15 Å². The quantitative estimate of drug-likeness (QED) is 0.656. The van der Waals surface area contributed by atoms with Gasteiger partial charge in [0.1, 0.15) is 12.0 Å². The Morgan fingerprint density at radius 3 is 2.54 bits per heavy atom.